The Balaban J connectivity index is 1.37. The molecule has 0 aliphatic heterocycles. The Hall–Kier alpha value is -2.96. The van der Waals surface area contributed by atoms with Gasteiger partial charge in [-0.25, -0.2) is 4.98 Å². The van der Waals surface area contributed by atoms with Crippen LogP contribution in [0.3, 0.4) is 0 Å². The molecule has 0 fully saturated rings. The molecule has 1 amide bonds. The molecule has 1 aliphatic carbocycles. The number of carbonyl (C=O) groups excluding carboxylic acids is 1. The van der Waals surface area contributed by atoms with E-state index in [9.17, 15) is 10.1 Å². The predicted octanol–water partition coefficient (Wildman–Crippen LogP) is 4.83. The van der Waals surface area contributed by atoms with Crippen LogP contribution < -0.4 is 5.32 Å². The highest BCUT2D eigenvalue weighted by atomic mass is 32.2. The first-order valence-corrected chi connectivity index (χ1v) is 12.0. The van der Waals surface area contributed by atoms with Gasteiger partial charge < -0.3 is 10.3 Å². The van der Waals surface area contributed by atoms with Crippen molar-refractivity contribution in [2.45, 2.75) is 49.4 Å². The fourth-order valence-electron chi connectivity index (χ4n) is 3.97. The monoisotopic (exact) mass is 448 g/mol. The van der Waals surface area contributed by atoms with Crippen molar-refractivity contribution in [2.75, 3.05) is 5.32 Å². The molecule has 0 saturated heterocycles. The number of anilines is 1. The number of thioether (sulfide) groups is 1. The van der Waals surface area contributed by atoms with E-state index in [4.69, 9.17) is 0 Å². The number of carbonyl (C=O) groups is 1. The number of nitrogens with one attached hydrogen (secondary N) is 2. The van der Waals surface area contributed by atoms with Crippen molar-refractivity contribution in [3.63, 3.8) is 0 Å². The van der Waals surface area contributed by atoms with Crippen LogP contribution in [0.15, 0.2) is 29.4 Å². The molecule has 1 aliphatic rings. The fourth-order valence-corrected chi connectivity index (χ4v) is 6.03. The lowest BCUT2D eigenvalue weighted by molar-refractivity contribution is -0.115. The van der Waals surface area contributed by atoms with E-state index in [2.05, 4.69) is 31.6 Å². The van der Waals surface area contributed by atoms with Crippen molar-refractivity contribution in [3.05, 3.63) is 40.3 Å². The molecule has 0 bridgehead atoms. The van der Waals surface area contributed by atoms with E-state index in [0.717, 1.165) is 47.7 Å². The standard InChI is InChI=1S/C22H20N6OS2/c1-2-16(20(29)26-21-14(11-23)12-7-4-6-10-17(12)30-21)31-22-25-19-18(27-28-22)13-8-3-5-9-15(13)24-19/h3,5,8-9,16H,2,4,6-7,10H2,1H3,(H,26,29)(H,24,25,28)/t16-/m0/s1. The number of para-hydroxylation sites is 1. The third kappa shape index (κ3) is 3.66. The van der Waals surface area contributed by atoms with Gasteiger partial charge in [-0.05, 0) is 43.7 Å². The second-order valence-corrected chi connectivity index (χ2v) is 9.77. The number of fused-ring (bicyclic) bond motifs is 4. The highest BCUT2D eigenvalue weighted by molar-refractivity contribution is 8.00. The summed E-state index contributed by atoms with van der Waals surface area (Å²) in [5.74, 6) is -0.136. The van der Waals surface area contributed by atoms with Gasteiger partial charge in [0.1, 0.15) is 16.6 Å². The molecule has 1 atom stereocenters. The van der Waals surface area contributed by atoms with Crippen molar-refractivity contribution < 1.29 is 4.79 Å². The molecule has 31 heavy (non-hydrogen) atoms. The molecule has 3 heterocycles. The van der Waals surface area contributed by atoms with Crippen molar-refractivity contribution in [3.8, 4) is 6.07 Å². The summed E-state index contributed by atoms with van der Waals surface area (Å²) < 4.78 is 0. The quantitative estimate of drug-likeness (QED) is 0.424. The minimum atomic E-state index is -0.380. The van der Waals surface area contributed by atoms with Crippen LogP contribution in [0.5, 0.6) is 0 Å². The van der Waals surface area contributed by atoms with Gasteiger partial charge in [0.2, 0.25) is 11.1 Å². The van der Waals surface area contributed by atoms with E-state index in [0.29, 0.717) is 27.8 Å². The molecular formula is C22H20N6OS2. The first kappa shape index (κ1) is 20.0. The first-order valence-electron chi connectivity index (χ1n) is 10.3. The van der Waals surface area contributed by atoms with Gasteiger partial charge in [0, 0.05) is 15.8 Å². The number of aromatic amines is 1. The van der Waals surface area contributed by atoms with Crippen LogP contribution in [0, 0.1) is 11.3 Å². The summed E-state index contributed by atoms with van der Waals surface area (Å²) in [6, 6.07) is 10.2. The SMILES string of the molecule is CC[C@H](Sc1nnc2c(n1)[nH]c1ccccc12)C(=O)Nc1sc2c(c1C#N)CCCC2. The Labute approximate surface area is 187 Å². The third-order valence-corrected chi connectivity index (χ3v) is 7.96. The number of H-pyrrole nitrogens is 1. The summed E-state index contributed by atoms with van der Waals surface area (Å²) in [7, 11) is 0. The number of aromatic nitrogens is 4. The topological polar surface area (TPSA) is 107 Å². The second-order valence-electron chi connectivity index (χ2n) is 7.49. The van der Waals surface area contributed by atoms with E-state index < -0.39 is 0 Å². The molecule has 0 saturated carbocycles. The minimum Gasteiger partial charge on any atom is -0.338 e. The van der Waals surface area contributed by atoms with Gasteiger partial charge in [-0.2, -0.15) is 5.26 Å². The summed E-state index contributed by atoms with van der Waals surface area (Å²) in [5.41, 5.74) is 4.08. The molecule has 0 radical (unpaired) electrons. The van der Waals surface area contributed by atoms with Crippen LogP contribution in [0.4, 0.5) is 5.00 Å². The van der Waals surface area contributed by atoms with Gasteiger partial charge in [-0.1, -0.05) is 36.9 Å². The summed E-state index contributed by atoms with van der Waals surface area (Å²) in [5, 5.41) is 22.9. The van der Waals surface area contributed by atoms with Crippen molar-refractivity contribution in [2.24, 2.45) is 0 Å². The van der Waals surface area contributed by atoms with Crippen LogP contribution >= 0.6 is 23.1 Å². The fraction of sp³-hybridized carbons (Fsp3) is 0.318. The Bertz CT molecular complexity index is 1340. The number of thiophene rings is 1. The summed E-state index contributed by atoms with van der Waals surface area (Å²) in [6.45, 7) is 1.96. The molecule has 156 valence electrons. The number of hydrogen-bond acceptors (Lipinski definition) is 7. The van der Waals surface area contributed by atoms with Gasteiger partial charge in [0.05, 0.1) is 10.8 Å². The highest BCUT2D eigenvalue weighted by Crippen LogP contribution is 2.38. The number of aryl methyl sites for hydroxylation is 1. The summed E-state index contributed by atoms with van der Waals surface area (Å²) >= 11 is 2.84. The lowest BCUT2D eigenvalue weighted by Crippen LogP contribution is -2.24. The van der Waals surface area contributed by atoms with Crippen LogP contribution in [0.25, 0.3) is 22.1 Å². The van der Waals surface area contributed by atoms with Crippen LogP contribution in [0.1, 0.15) is 42.2 Å². The lowest BCUT2D eigenvalue weighted by Gasteiger charge is -2.13. The Morgan fingerprint density at radius 1 is 1.32 bits per heavy atom. The minimum absolute atomic E-state index is 0.136. The van der Waals surface area contributed by atoms with Crippen LogP contribution in [0.2, 0.25) is 0 Å². The predicted molar refractivity (Wildman–Crippen MR) is 123 cm³/mol. The molecule has 0 unspecified atom stereocenters. The number of rotatable bonds is 5. The third-order valence-electron chi connectivity index (χ3n) is 5.53. The molecule has 5 rings (SSSR count). The Morgan fingerprint density at radius 3 is 3.00 bits per heavy atom. The molecule has 1 aromatic carbocycles. The average molecular weight is 449 g/mol. The zero-order valence-corrected chi connectivity index (χ0v) is 18.6. The first-order chi connectivity index (χ1) is 15.2. The summed E-state index contributed by atoms with van der Waals surface area (Å²) in [6.07, 6.45) is 4.75. The van der Waals surface area contributed by atoms with E-state index in [1.807, 2.05) is 31.2 Å². The molecule has 2 N–H and O–H groups in total. The van der Waals surface area contributed by atoms with E-state index in [-0.39, 0.29) is 11.2 Å². The molecular weight excluding hydrogens is 428 g/mol. The van der Waals surface area contributed by atoms with Crippen LogP contribution in [-0.4, -0.2) is 31.3 Å². The number of hydrogen-bond donors (Lipinski definition) is 2. The zero-order valence-electron chi connectivity index (χ0n) is 16.9. The van der Waals surface area contributed by atoms with Crippen molar-refractivity contribution >= 4 is 56.1 Å². The largest absolute Gasteiger partial charge is 0.338 e. The Kier molecular flexibility index (Phi) is 5.34. The van der Waals surface area contributed by atoms with E-state index >= 15 is 0 Å². The second kappa shape index (κ2) is 8.29. The average Bonchev–Trinajstić information content (AvgIpc) is 3.34. The van der Waals surface area contributed by atoms with Gasteiger partial charge in [0.15, 0.2) is 5.65 Å². The van der Waals surface area contributed by atoms with E-state index in [1.165, 1.54) is 16.6 Å². The normalized spacial score (nSPS) is 14.3. The molecule has 4 aromatic rings. The lowest BCUT2D eigenvalue weighted by atomic mass is 9.96. The maximum Gasteiger partial charge on any atom is 0.238 e. The van der Waals surface area contributed by atoms with Crippen molar-refractivity contribution in [1.82, 2.24) is 20.2 Å². The maximum absolute atomic E-state index is 13.0. The molecule has 0 spiro atoms. The molecule has 7 nitrogen and oxygen atoms in total. The maximum atomic E-state index is 13.0. The number of nitrogens with zero attached hydrogens (tertiary/aromatic N) is 4. The number of amides is 1. The highest BCUT2D eigenvalue weighted by Gasteiger charge is 2.25. The van der Waals surface area contributed by atoms with Gasteiger partial charge in [0.25, 0.3) is 0 Å². The summed E-state index contributed by atoms with van der Waals surface area (Å²) in [4.78, 5) is 22.1. The Morgan fingerprint density at radius 2 is 2.16 bits per heavy atom. The van der Waals surface area contributed by atoms with Gasteiger partial charge >= 0.3 is 0 Å². The van der Waals surface area contributed by atoms with Gasteiger partial charge in [-0.15, -0.1) is 21.5 Å². The number of nitriles is 1. The van der Waals surface area contributed by atoms with Crippen LogP contribution in [-0.2, 0) is 17.6 Å². The molecule has 3 aromatic heterocycles. The van der Waals surface area contributed by atoms with E-state index in [1.54, 1.807) is 11.3 Å². The number of benzene rings is 1. The van der Waals surface area contributed by atoms with Crippen molar-refractivity contribution in [1.29, 1.82) is 5.26 Å². The smallest absolute Gasteiger partial charge is 0.238 e. The molecule has 9 heteroatoms. The van der Waals surface area contributed by atoms with Gasteiger partial charge in [-0.3, -0.25) is 4.79 Å². The zero-order chi connectivity index (χ0) is 21.4.